The van der Waals surface area contributed by atoms with Crippen LogP contribution in [0.4, 0.5) is 5.82 Å². The molecule has 2 unspecified atom stereocenters. The van der Waals surface area contributed by atoms with Gasteiger partial charge in [0.2, 0.25) is 0 Å². The van der Waals surface area contributed by atoms with Crippen molar-refractivity contribution in [2.75, 3.05) is 12.8 Å². The Morgan fingerprint density at radius 1 is 1.37 bits per heavy atom. The number of ether oxygens (including phenoxy) is 1. The van der Waals surface area contributed by atoms with E-state index in [0.717, 1.165) is 31.4 Å². The van der Waals surface area contributed by atoms with Crippen molar-refractivity contribution in [3.8, 4) is 0 Å². The third-order valence-electron chi connectivity index (χ3n) is 3.18. The van der Waals surface area contributed by atoms with Crippen LogP contribution in [0.3, 0.4) is 0 Å². The molecule has 0 spiro atoms. The molecule has 0 aliphatic carbocycles. The van der Waals surface area contributed by atoms with Gasteiger partial charge in [-0.3, -0.25) is 4.57 Å². The number of aryl methyl sites for hydroxylation is 1. The third-order valence-corrected chi connectivity index (χ3v) is 3.18. The predicted octanol–water partition coefficient (Wildman–Crippen LogP) is 1.02. The van der Waals surface area contributed by atoms with Gasteiger partial charge >= 0.3 is 0 Å². The summed E-state index contributed by atoms with van der Waals surface area (Å²) in [5, 5.41) is 7.00. The van der Waals surface area contributed by atoms with E-state index in [1.807, 2.05) is 11.5 Å². The van der Waals surface area contributed by atoms with Gasteiger partial charge in [-0.25, -0.2) is 15.0 Å². The summed E-state index contributed by atoms with van der Waals surface area (Å²) >= 11 is 0. The summed E-state index contributed by atoms with van der Waals surface area (Å²) in [6, 6.07) is 0. The topological polar surface area (TPSA) is 99.1 Å². The molecule has 0 bridgehead atoms. The van der Waals surface area contributed by atoms with Crippen molar-refractivity contribution in [3.63, 3.8) is 0 Å². The molecule has 7 heteroatoms. The molecule has 1 aliphatic rings. The van der Waals surface area contributed by atoms with Crippen LogP contribution in [0.25, 0.3) is 11.2 Å². The first-order valence-corrected chi connectivity index (χ1v) is 6.22. The normalized spacial score (nSPS) is 22.3. The van der Waals surface area contributed by atoms with Gasteiger partial charge < -0.3 is 15.6 Å². The largest absolute Gasteiger partial charge is 0.400 e. The summed E-state index contributed by atoms with van der Waals surface area (Å²) in [6.45, 7) is 4.02. The van der Waals surface area contributed by atoms with E-state index in [0.29, 0.717) is 11.3 Å². The zero-order valence-electron chi connectivity index (χ0n) is 11.4. The van der Waals surface area contributed by atoms with Gasteiger partial charge in [0.25, 0.3) is 0 Å². The lowest BCUT2D eigenvalue weighted by Gasteiger charge is -2.14. The van der Waals surface area contributed by atoms with Gasteiger partial charge in [0, 0.05) is 7.11 Å². The van der Waals surface area contributed by atoms with Crippen molar-refractivity contribution in [2.45, 2.75) is 39.0 Å². The first kappa shape index (κ1) is 13.7. The molecular weight excluding hydrogens is 246 g/mol. The number of hydrogen-bond donors (Lipinski definition) is 2. The van der Waals surface area contributed by atoms with E-state index >= 15 is 0 Å². The molecule has 0 amide bonds. The number of aromatic nitrogens is 4. The van der Waals surface area contributed by atoms with Gasteiger partial charge in [-0.1, -0.05) is 0 Å². The molecule has 3 rings (SSSR count). The van der Waals surface area contributed by atoms with E-state index in [1.54, 1.807) is 0 Å². The molecule has 1 fully saturated rings. The van der Waals surface area contributed by atoms with Gasteiger partial charge in [0.15, 0.2) is 17.0 Å². The SMILES string of the molecule is CO.Cc1nc2c(N)ncnc2n1C1CCC(C)O1. The Hall–Kier alpha value is -1.73. The van der Waals surface area contributed by atoms with E-state index in [1.165, 1.54) is 6.33 Å². The maximum atomic E-state index is 7.00. The molecule has 0 aromatic carbocycles. The van der Waals surface area contributed by atoms with Crippen LogP contribution in [-0.2, 0) is 4.74 Å². The standard InChI is InChI=1S/C11H15N5O.CH4O/c1-6-3-4-8(17-6)16-7(2)15-9-10(12)13-5-14-11(9)16;1-2/h5-6,8H,3-4H2,1-2H3,(H2,12,13,14);2H,1H3. The van der Waals surface area contributed by atoms with E-state index in [-0.39, 0.29) is 12.3 Å². The average Bonchev–Trinajstić information content (AvgIpc) is 2.96. The Morgan fingerprint density at radius 3 is 2.74 bits per heavy atom. The van der Waals surface area contributed by atoms with E-state index in [9.17, 15) is 0 Å². The number of anilines is 1. The van der Waals surface area contributed by atoms with Gasteiger partial charge in [0.05, 0.1) is 6.10 Å². The van der Waals surface area contributed by atoms with Crippen molar-refractivity contribution < 1.29 is 9.84 Å². The highest BCUT2D eigenvalue weighted by Crippen LogP contribution is 2.32. The molecule has 7 nitrogen and oxygen atoms in total. The molecule has 1 saturated heterocycles. The fourth-order valence-corrected chi connectivity index (χ4v) is 2.35. The molecule has 0 saturated carbocycles. The smallest absolute Gasteiger partial charge is 0.167 e. The van der Waals surface area contributed by atoms with Gasteiger partial charge in [-0.05, 0) is 26.7 Å². The molecule has 2 atom stereocenters. The lowest BCUT2D eigenvalue weighted by atomic mass is 10.2. The quantitative estimate of drug-likeness (QED) is 0.798. The summed E-state index contributed by atoms with van der Waals surface area (Å²) in [4.78, 5) is 12.6. The molecular formula is C12H19N5O2. The van der Waals surface area contributed by atoms with Crippen LogP contribution in [0.2, 0.25) is 0 Å². The Labute approximate surface area is 111 Å². The summed E-state index contributed by atoms with van der Waals surface area (Å²) in [7, 11) is 1.00. The highest BCUT2D eigenvalue weighted by atomic mass is 16.5. The minimum atomic E-state index is 0.0179. The van der Waals surface area contributed by atoms with Gasteiger partial charge in [0.1, 0.15) is 18.4 Å². The van der Waals surface area contributed by atoms with Gasteiger partial charge in [-0.15, -0.1) is 0 Å². The van der Waals surface area contributed by atoms with Gasteiger partial charge in [-0.2, -0.15) is 0 Å². The lowest BCUT2D eigenvalue weighted by Crippen LogP contribution is -2.11. The van der Waals surface area contributed by atoms with Crippen LogP contribution in [0.1, 0.15) is 31.8 Å². The van der Waals surface area contributed by atoms with Crippen molar-refractivity contribution >= 4 is 17.0 Å². The molecule has 1 aliphatic heterocycles. The van der Waals surface area contributed by atoms with E-state index in [2.05, 4.69) is 21.9 Å². The van der Waals surface area contributed by atoms with Crippen LogP contribution < -0.4 is 5.73 Å². The van der Waals surface area contributed by atoms with E-state index < -0.39 is 0 Å². The number of nitrogens with zero attached hydrogens (tertiary/aromatic N) is 4. The van der Waals surface area contributed by atoms with E-state index in [4.69, 9.17) is 15.6 Å². The molecule has 3 heterocycles. The second-order valence-electron chi connectivity index (χ2n) is 4.44. The summed E-state index contributed by atoms with van der Waals surface area (Å²) in [5.41, 5.74) is 7.22. The number of nitrogen functional groups attached to an aromatic ring is 1. The Balaban J connectivity index is 0.000000637. The molecule has 2 aromatic rings. The molecule has 0 radical (unpaired) electrons. The zero-order chi connectivity index (χ0) is 14.0. The first-order chi connectivity index (χ1) is 9.16. The highest BCUT2D eigenvalue weighted by Gasteiger charge is 2.27. The monoisotopic (exact) mass is 265 g/mol. The maximum Gasteiger partial charge on any atom is 0.167 e. The van der Waals surface area contributed by atoms with Crippen LogP contribution in [0, 0.1) is 6.92 Å². The maximum absolute atomic E-state index is 7.00. The summed E-state index contributed by atoms with van der Waals surface area (Å²) in [5.74, 6) is 1.29. The fraction of sp³-hybridized carbons (Fsp3) is 0.583. The average molecular weight is 265 g/mol. The van der Waals surface area contributed by atoms with Crippen molar-refractivity contribution in [2.24, 2.45) is 0 Å². The van der Waals surface area contributed by atoms with Crippen molar-refractivity contribution in [3.05, 3.63) is 12.2 Å². The highest BCUT2D eigenvalue weighted by molar-refractivity contribution is 5.81. The number of aliphatic hydroxyl groups excluding tert-OH is 1. The molecule has 2 aromatic heterocycles. The predicted molar refractivity (Wildman–Crippen MR) is 71.4 cm³/mol. The Morgan fingerprint density at radius 2 is 2.11 bits per heavy atom. The number of aliphatic hydroxyl groups is 1. The second kappa shape index (κ2) is 5.50. The number of hydrogen-bond acceptors (Lipinski definition) is 6. The Kier molecular flexibility index (Phi) is 3.96. The Bertz CT molecular complexity index is 568. The minimum Gasteiger partial charge on any atom is -0.400 e. The number of rotatable bonds is 1. The first-order valence-electron chi connectivity index (χ1n) is 6.22. The molecule has 3 N–H and O–H groups in total. The van der Waals surface area contributed by atoms with Crippen LogP contribution in [0.5, 0.6) is 0 Å². The molecule has 104 valence electrons. The van der Waals surface area contributed by atoms with Crippen LogP contribution in [-0.4, -0.2) is 37.8 Å². The number of fused-ring (bicyclic) bond motifs is 1. The molecule has 19 heavy (non-hydrogen) atoms. The fourth-order valence-electron chi connectivity index (χ4n) is 2.35. The van der Waals surface area contributed by atoms with Crippen molar-refractivity contribution in [1.82, 2.24) is 19.5 Å². The summed E-state index contributed by atoms with van der Waals surface area (Å²) in [6.07, 6.45) is 3.82. The van der Waals surface area contributed by atoms with Crippen LogP contribution in [0.15, 0.2) is 6.33 Å². The third kappa shape index (κ3) is 2.39. The summed E-state index contributed by atoms with van der Waals surface area (Å²) < 4.78 is 7.87. The number of imidazole rings is 1. The number of nitrogens with two attached hydrogens (primary N) is 1. The zero-order valence-corrected chi connectivity index (χ0v) is 11.4. The van der Waals surface area contributed by atoms with Crippen LogP contribution >= 0.6 is 0 Å². The second-order valence-corrected chi connectivity index (χ2v) is 4.44. The minimum absolute atomic E-state index is 0.0179. The lowest BCUT2D eigenvalue weighted by molar-refractivity contribution is 0.0120. The van der Waals surface area contributed by atoms with Crippen molar-refractivity contribution in [1.29, 1.82) is 0 Å².